The van der Waals surface area contributed by atoms with Crippen LogP contribution in [-0.4, -0.2) is 75.8 Å². The monoisotopic (exact) mass is 519 g/mol. The van der Waals surface area contributed by atoms with Crippen LogP contribution in [0.3, 0.4) is 0 Å². The molecular formula is C22H42IN5O. The molecule has 1 rings (SSSR count). The Bertz CT molecular complexity index is 552. The second-order valence-electron chi connectivity index (χ2n) is 7.00. The molecular weight excluding hydrogens is 477 g/mol. The number of guanidine groups is 1. The number of hydrogen-bond donors (Lipinski definition) is 2. The zero-order valence-corrected chi connectivity index (χ0v) is 21.4. The first-order valence-corrected chi connectivity index (χ1v) is 10.6. The predicted molar refractivity (Wildman–Crippen MR) is 135 cm³/mol. The maximum Gasteiger partial charge on any atom is 0.191 e. The van der Waals surface area contributed by atoms with Crippen LogP contribution in [0.5, 0.6) is 0 Å². The molecule has 0 aliphatic heterocycles. The Labute approximate surface area is 195 Å². The van der Waals surface area contributed by atoms with E-state index in [4.69, 9.17) is 9.73 Å². The molecule has 0 bridgehead atoms. The largest absolute Gasteiger partial charge is 0.385 e. The van der Waals surface area contributed by atoms with E-state index in [2.05, 4.69) is 72.5 Å². The molecule has 0 aliphatic rings. The first-order valence-electron chi connectivity index (χ1n) is 10.6. The van der Waals surface area contributed by atoms with E-state index >= 15 is 0 Å². The minimum atomic E-state index is 0. The van der Waals surface area contributed by atoms with E-state index in [1.165, 1.54) is 11.1 Å². The number of rotatable bonds is 14. The Morgan fingerprint density at radius 1 is 1.03 bits per heavy atom. The van der Waals surface area contributed by atoms with Gasteiger partial charge in [0.05, 0.1) is 6.54 Å². The SMILES string of the molecule is CCNC(=NCc1ccccc1CN(CC)CC)NCCN(C)CCCOC.I. The molecule has 2 N–H and O–H groups in total. The van der Waals surface area contributed by atoms with Crippen LogP contribution in [0.1, 0.15) is 38.3 Å². The Balaban J connectivity index is 0.00000784. The van der Waals surface area contributed by atoms with Gasteiger partial charge in [0.25, 0.3) is 0 Å². The van der Waals surface area contributed by atoms with E-state index in [0.29, 0.717) is 6.54 Å². The lowest BCUT2D eigenvalue weighted by atomic mass is 10.1. The van der Waals surface area contributed by atoms with Crippen LogP contribution >= 0.6 is 24.0 Å². The molecule has 0 amide bonds. The van der Waals surface area contributed by atoms with Crippen molar-refractivity contribution in [2.24, 2.45) is 4.99 Å². The van der Waals surface area contributed by atoms with Crippen molar-refractivity contribution < 1.29 is 4.74 Å². The fourth-order valence-corrected chi connectivity index (χ4v) is 3.02. The van der Waals surface area contributed by atoms with Crippen molar-refractivity contribution >= 4 is 29.9 Å². The number of nitrogens with zero attached hydrogens (tertiary/aromatic N) is 3. The van der Waals surface area contributed by atoms with Crippen LogP contribution in [0.4, 0.5) is 0 Å². The summed E-state index contributed by atoms with van der Waals surface area (Å²) in [5.41, 5.74) is 2.66. The average Bonchev–Trinajstić information content (AvgIpc) is 2.71. The molecule has 0 unspecified atom stereocenters. The van der Waals surface area contributed by atoms with Crippen LogP contribution in [0, 0.1) is 0 Å². The van der Waals surface area contributed by atoms with Gasteiger partial charge < -0.3 is 20.3 Å². The summed E-state index contributed by atoms with van der Waals surface area (Å²) in [6.07, 6.45) is 1.06. The van der Waals surface area contributed by atoms with Crippen LogP contribution in [0.2, 0.25) is 0 Å². The van der Waals surface area contributed by atoms with E-state index < -0.39 is 0 Å². The lowest BCUT2D eigenvalue weighted by Gasteiger charge is -2.20. The summed E-state index contributed by atoms with van der Waals surface area (Å²) in [6.45, 7) is 14.9. The maximum atomic E-state index is 5.11. The Morgan fingerprint density at radius 3 is 2.34 bits per heavy atom. The van der Waals surface area contributed by atoms with Gasteiger partial charge in [-0.05, 0) is 44.6 Å². The summed E-state index contributed by atoms with van der Waals surface area (Å²) >= 11 is 0. The molecule has 168 valence electrons. The van der Waals surface area contributed by atoms with Crippen molar-refractivity contribution in [1.29, 1.82) is 0 Å². The summed E-state index contributed by atoms with van der Waals surface area (Å²) in [5, 5.41) is 6.80. The normalized spacial score (nSPS) is 11.6. The molecule has 0 aromatic heterocycles. The van der Waals surface area contributed by atoms with Gasteiger partial charge in [0.15, 0.2) is 5.96 Å². The number of likely N-dealkylation sites (N-methyl/N-ethyl adjacent to an activating group) is 1. The van der Waals surface area contributed by atoms with Gasteiger partial charge in [-0.1, -0.05) is 38.1 Å². The molecule has 0 spiro atoms. The third kappa shape index (κ3) is 12.4. The lowest BCUT2D eigenvalue weighted by molar-refractivity contribution is 0.180. The standard InChI is InChI=1S/C22H41N5O.HI/c1-6-23-22(24-14-16-26(4)15-11-17-28-5)25-18-20-12-9-10-13-21(20)19-27(7-2)8-3;/h9-10,12-13H,6-8,11,14-19H2,1-5H3,(H2,23,24,25);1H. The zero-order chi connectivity index (χ0) is 20.6. The number of nitrogens with one attached hydrogen (secondary N) is 2. The summed E-state index contributed by atoms with van der Waals surface area (Å²) in [6, 6.07) is 8.63. The maximum absolute atomic E-state index is 5.11. The van der Waals surface area contributed by atoms with E-state index in [1.807, 2.05) is 0 Å². The molecule has 29 heavy (non-hydrogen) atoms. The molecule has 1 aromatic carbocycles. The minimum Gasteiger partial charge on any atom is -0.385 e. The Kier molecular flexibility index (Phi) is 17.4. The number of halogens is 1. The second kappa shape index (κ2) is 17.9. The quantitative estimate of drug-likeness (QED) is 0.171. The van der Waals surface area contributed by atoms with Gasteiger partial charge in [-0.25, -0.2) is 4.99 Å². The predicted octanol–water partition coefficient (Wildman–Crippen LogP) is 3.17. The van der Waals surface area contributed by atoms with Crippen molar-refractivity contribution in [3.05, 3.63) is 35.4 Å². The first kappa shape index (κ1) is 28.1. The van der Waals surface area contributed by atoms with Gasteiger partial charge >= 0.3 is 0 Å². The van der Waals surface area contributed by atoms with Gasteiger partial charge in [0, 0.05) is 46.4 Å². The second-order valence-corrected chi connectivity index (χ2v) is 7.00. The van der Waals surface area contributed by atoms with Gasteiger partial charge in [-0.3, -0.25) is 4.90 Å². The molecule has 0 saturated carbocycles. The molecule has 0 aliphatic carbocycles. The highest BCUT2D eigenvalue weighted by Crippen LogP contribution is 2.13. The van der Waals surface area contributed by atoms with Crippen LogP contribution in [0.25, 0.3) is 0 Å². The highest BCUT2D eigenvalue weighted by Gasteiger charge is 2.06. The van der Waals surface area contributed by atoms with Crippen molar-refractivity contribution in [2.75, 3.05) is 60.0 Å². The van der Waals surface area contributed by atoms with Crippen molar-refractivity contribution in [3.8, 4) is 0 Å². The summed E-state index contributed by atoms with van der Waals surface area (Å²) < 4.78 is 5.11. The van der Waals surface area contributed by atoms with E-state index in [0.717, 1.165) is 64.8 Å². The summed E-state index contributed by atoms with van der Waals surface area (Å²) in [7, 11) is 3.89. The van der Waals surface area contributed by atoms with Crippen LogP contribution < -0.4 is 10.6 Å². The van der Waals surface area contributed by atoms with E-state index in [1.54, 1.807) is 7.11 Å². The Morgan fingerprint density at radius 2 is 1.72 bits per heavy atom. The molecule has 0 fully saturated rings. The third-order valence-corrected chi connectivity index (χ3v) is 4.83. The number of aliphatic imine (C=N–C) groups is 1. The number of benzene rings is 1. The topological polar surface area (TPSA) is 52.1 Å². The molecule has 1 aromatic rings. The van der Waals surface area contributed by atoms with Gasteiger partial charge in [-0.15, -0.1) is 24.0 Å². The van der Waals surface area contributed by atoms with Gasteiger partial charge in [0.2, 0.25) is 0 Å². The van der Waals surface area contributed by atoms with Gasteiger partial charge in [0.1, 0.15) is 0 Å². The number of ether oxygens (including phenoxy) is 1. The fourth-order valence-electron chi connectivity index (χ4n) is 3.02. The average molecular weight is 520 g/mol. The highest BCUT2D eigenvalue weighted by molar-refractivity contribution is 14.0. The molecule has 0 heterocycles. The van der Waals surface area contributed by atoms with E-state index in [-0.39, 0.29) is 24.0 Å². The van der Waals surface area contributed by atoms with Crippen LogP contribution in [-0.2, 0) is 17.8 Å². The van der Waals surface area contributed by atoms with E-state index in [9.17, 15) is 0 Å². The van der Waals surface area contributed by atoms with Crippen LogP contribution in [0.15, 0.2) is 29.3 Å². The third-order valence-electron chi connectivity index (χ3n) is 4.83. The van der Waals surface area contributed by atoms with Crippen molar-refractivity contribution in [2.45, 2.75) is 40.3 Å². The summed E-state index contributed by atoms with van der Waals surface area (Å²) in [5.74, 6) is 0.880. The molecule has 7 heteroatoms. The minimum absolute atomic E-state index is 0. The number of hydrogen-bond acceptors (Lipinski definition) is 4. The summed E-state index contributed by atoms with van der Waals surface area (Å²) in [4.78, 5) is 9.56. The highest BCUT2D eigenvalue weighted by atomic mass is 127. The molecule has 0 radical (unpaired) electrons. The Hall–Kier alpha value is -0.900. The molecule has 6 nitrogen and oxygen atoms in total. The fraction of sp³-hybridized carbons (Fsp3) is 0.682. The molecule has 0 atom stereocenters. The lowest BCUT2D eigenvalue weighted by Crippen LogP contribution is -2.41. The van der Waals surface area contributed by atoms with Crippen molar-refractivity contribution in [3.63, 3.8) is 0 Å². The first-order chi connectivity index (χ1) is 13.6. The van der Waals surface area contributed by atoms with Gasteiger partial charge in [-0.2, -0.15) is 0 Å². The number of methoxy groups -OCH3 is 1. The molecule has 0 saturated heterocycles. The van der Waals surface area contributed by atoms with Crippen molar-refractivity contribution in [1.82, 2.24) is 20.4 Å². The zero-order valence-electron chi connectivity index (χ0n) is 19.0. The smallest absolute Gasteiger partial charge is 0.191 e.